The van der Waals surface area contributed by atoms with Crippen molar-refractivity contribution in [3.8, 4) is 0 Å². The number of non-ortho nitro benzene ring substituents is 1. The van der Waals surface area contributed by atoms with Gasteiger partial charge in [0.2, 0.25) is 0 Å². The zero-order valence-corrected chi connectivity index (χ0v) is 13.3. The summed E-state index contributed by atoms with van der Waals surface area (Å²) >= 11 is 0. The van der Waals surface area contributed by atoms with Crippen LogP contribution in [0.1, 0.15) is 12.5 Å². The Morgan fingerprint density at radius 3 is 2.70 bits per heavy atom. The molecule has 0 aliphatic heterocycles. The fourth-order valence-electron chi connectivity index (χ4n) is 2.40. The number of fused-ring (bicyclic) bond motifs is 1. The lowest BCUT2D eigenvalue weighted by Crippen LogP contribution is -2.31. The third-order valence-corrected chi connectivity index (χ3v) is 4.13. The maximum atomic E-state index is 10.9. The lowest BCUT2D eigenvalue weighted by Gasteiger charge is -2.23. The van der Waals surface area contributed by atoms with Crippen molar-refractivity contribution in [3.63, 3.8) is 0 Å². The van der Waals surface area contributed by atoms with Crippen molar-refractivity contribution < 1.29 is 9.35 Å². The minimum absolute atomic E-state index is 0.111. The molecule has 2 rings (SSSR count). The molecule has 0 amide bonds. The third kappa shape index (κ3) is 3.46. The lowest BCUT2D eigenvalue weighted by molar-refractivity contribution is -0.384. The highest BCUT2D eigenvalue weighted by Crippen LogP contribution is 2.25. The Kier molecular flexibility index (Phi) is 3.96. The normalized spacial score (nSPS) is 13.6. The van der Waals surface area contributed by atoms with E-state index in [-0.39, 0.29) is 16.7 Å². The minimum atomic E-state index is -1.57. The first-order valence-corrected chi connectivity index (χ1v) is 10.1. The molecule has 1 heterocycles. The van der Waals surface area contributed by atoms with Gasteiger partial charge in [0.1, 0.15) is 0 Å². The number of nitro groups is 1. The molecule has 20 heavy (non-hydrogen) atoms. The number of rotatable bonds is 5. The van der Waals surface area contributed by atoms with Crippen molar-refractivity contribution in [2.45, 2.75) is 39.1 Å². The summed E-state index contributed by atoms with van der Waals surface area (Å²) in [6.07, 6.45) is 2.78. The van der Waals surface area contributed by atoms with Crippen molar-refractivity contribution in [1.82, 2.24) is 4.98 Å². The van der Waals surface area contributed by atoms with E-state index in [0.29, 0.717) is 0 Å². The number of nitro benzene ring substituents is 1. The second-order valence-electron chi connectivity index (χ2n) is 6.05. The van der Waals surface area contributed by atoms with E-state index in [0.717, 1.165) is 22.9 Å². The topological polar surface area (TPSA) is 68.2 Å². The summed E-state index contributed by atoms with van der Waals surface area (Å²) in [6.45, 7) is 8.52. The Morgan fingerprint density at radius 1 is 1.40 bits per heavy atom. The summed E-state index contributed by atoms with van der Waals surface area (Å²) in [6, 6.07) is 4.90. The molecular weight excluding hydrogens is 272 g/mol. The van der Waals surface area contributed by atoms with Crippen LogP contribution in [0, 0.1) is 10.1 Å². The molecule has 1 atom stereocenters. The van der Waals surface area contributed by atoms with Crippen LogP contribution in [-0.4, -0.2) is 24.3 Å². The Balaban J connectivity index is 2.26. The second-order valence-corrected chi connectivity index (χ2v) is 10.5. The maximum absolute atomic E-state index is 10.9. The van der Waals surface area contributed by atoms with Crippen molar-refractivity contribution in [2.75, 3.05) is 0 Å². The zero-order valence-electron chi connectivity index (χ0n) is 12.3. The first kappa shape index (κ1) is 14.7. The van der Waals surface area contributed by atoms with E-state index in [2.05, 4.69) is 31.5 Å². The van der Waals surface area contributed by atoms with Crippen LogP contribution in [0.25, 0.3) is 10.9 Å². The van der Waals surface area contributed by atoms with Gasteiger partial charge in [-0.05, 0) is 44.6 Å². The molecule has 108 valence electrons. The molecule has 1 aromatic carbocycles. The predicted octanol–water partition coefficient (Wildman–Crippen LogP) is 3.86. The van der Waals surface area contributed by atoms with Gasteiger partial charge in [0, 0.05) is 35.3 Å². The number of benzene rings is 1. The monoisotopic (exact) mass is 292 g/mol. The summed E-state index contributed by atoms with van der Waals surface area (Å²) in [5.41, 5.74) is 2.11. The van der Waals surface area contributed by atoms with Gasteiger partial charge < -0.3 is 9.41 Å². The third-order valence-electron chi connectivity index (χ3n) is 3.02. The van der Waals surface area contributed by atoms with Gasteiger partial charge in [-0.3, -0.25) is 10.1 Å². The first-order chi connectivity index (χ1) is 9.26. The molecule has 0 saturated heterocycles. The number of nitrogens with zero attached hydrogens (tertiary/aromatic N) is 1. The van der Waals surface area contributed by atoms with Gasteiger partial charge in [-0.15, -0.1) is 0 Å². The van der Waals surface area contributed by atoms with E-state index in [1.807, 2.05) is 6.20 Å². The molecule has 1 N–H and O–H groups in total. The molecule has 1 aromatic heterocycles. The van der Waals surface area contributed by atoms with Gasteiger partial charge in [0.05, 0.1) is 4.92 Å². The largest absolute Gasteiger partial charge is 0.415 e. The van der Waals surface area contributed by atoms with E-state index in [1.165, 1.54) is 6.07 Å². The number of nitrogens with one attached hydrogen (secondary N) is 1. The van der Waals surface area contributed by atoms with Crippen molar-refractivity contribution >= 4 is 24.9 Å². The van der Waals surface area contributed by atoms with Crippen LogP contribution in [-0.2, 0) is 10.8 Å². The summed E-state index contributed by atoms with van der Waals surface area (Å²) in [5, 5.41) is 11.8. The molecule has 0 aliphatic rings. The fraction of sp³-hybridized carbons (Fsp3) is 0.429. The molecule has 1 unspecified atom stereocenters. The van der Waals surface area contributed by atoms with Crippen molar-refractivity contribution in [1.29, 1.82) is 0 Å². The molecule has 0 fully saturated rings. The Morgan fingerprint density at radius 2 is 2.10 bits per heavy atom. The summed E-state index contributed by atoms with van der Waals surface area (Å²) in [5.74, 6) is 0. The molecule has 6 heteroatoms. The highest BCUT2D eigenvalue weighted by Gasteiger charge is 2.19. The predicted molar refractivity (Wildman–Crippen MR) is 82.6 cm³/mol. The maximum Gasteiger partial charge on any atom is 0.270 e. The van der Waals surface area contributed by atoms with Crippen LogP contribution in [0.3, 0.4) is 0 Å². The van der Waals surface area contributed by atoms with Crippen LogP contribution in [0.4, 0.5) is 5.69 Å². The number of hydrogen-bond donors (Lipinski definition) is 1. The highest BCUT2D eigenvalue weighted by atomic mass is 28.4. The fourth-order valence-corrected chi connectivity index (χ4v) is 3.69. The summed E-state index contributed by atoms with van der Waals surface area (Å²) in [4.78, 5) is 13.7. The van der Waals surface area contributed by atoms with Gasteiger partial charge in [-0.1, -0.05) is 0 Å². The van der Waals surface area contributed by atoms with Crippen LogP contribution >= 0.6 is 0 Å². The molecule has 0 aliphatic carbocycles. The molecule has 0 bridgehead atoms. The van der Waals surface area contributed by atoms with Crippen LogP contribution in [0.15, 0.2) is 24.4 Å². The standard InChI is InChI=1S/C14H20N2O3Si/c1-10(19-20(2,3)4)7-11-9-15-14-6-5-12(16(17)18)8-13(11)14/h5-6,8-10,15H,7H2,1-4H3. The van der Waals surface area contributed by atoms with Gasteiger partial charge in [0.15, 0.2) is 8.32 Å². The Labute approximate surface area is 119 Å². The van der Waals surface area contributed by atoms with E-state index < -0.39 is 8.32 Å². The van der Waals surface area contributed by atoms with Gasteiger partial charge >= 0.3 is 0 Å². The molecule has 2 aromatic rings. The van der Waals surface area contributed by atoms with Gasteiger partial charge in [0.25, 0.3) is 5.69 Å². The average Bonchev–Trinajstić information content (AvgIpc) is 2.69. The Bertz CT molecular complexity index is 631. The smallest absolute Gasteiger partial charge is 0.270 e. The number of aromatic nitrogens is 1. The summed E-state index contributed by atoms with van der Waals surface area (Å²) < 4.78 is 6.03. The van der Waals surface area contributed by atoms with Crippen molar-refractivity contribution in [2.24, 2.45) is 0 Å². The number of hydrogen-bond acceptors (Lipinski definition) is 3. The minimum Gasteiger partial charge on any atom is -0.415 e. The first-order valence-electron chi connectivity index (χ1n) is 6.68. The van der Waals surface area contributed by atoms with E-state index >= 15 is 0 Å². The second kappa shape index (κ2) is 5.38. The van der Waals surface area contributed by atoms with Gasteiger partial charge in [-0.25, -0.2) is 0 Å². The average molecular weight is 292 g/mol. The number of H-pyrrole nitrogens is 1. The molecule has 5 nitrogen and oxygen atoms in total. The molecular formula is C14H20N2O3Si. The van der Waals surface area contributed by atoms with Crippen molar-refractivity contribution in [3.05, 3.63) is 40.1 Å². The number of aromatic amines is 1. The lowest BCUT2D eigenvalue weighted by atomic mass is 10.1. The molecule has 0 spiro atoms. The molecule has 0 radical (unpaired) electrons. The van der Waals surface area contributed by atoms with E-state index in [4.69, 9.17) is 4.43 Å². The van der Waals surface area contributed by atoms with Crippen LogP contribution < -0.4 is 0 Å². The van der Waals surface area contributed by atoms with Crippen LogP contribution in [0.5, 0.6) is 0 Å². The van der Waals surface area contributed by atoms with E-state index in [9.17, 15) is 10.1 Å². The highest BCUT2D eigenvalue weighted by molar-refractivity contribution is 6.69. The summed E-state index contributed by atoms with van der Waals surface area (Å²) in [7, 11) is -1.57. The SMILES string of the molecule is CC(Cc1c[nH]c2ccc([N+](=O)[O-])cc12)O[Si](C)(C)C. The van der Waals surface area contributed by atoms with E-state index in [1.54, 1.807) is 12.1 Å². The Hall–Kier alpha value is -1.66. The van der Waals surface area contributed by atoms with Crippen LogP contribution in [0.2, 0.25) is 19.6 Å². The quantitative estimate of drug-likeness (QED) is 0.517. The van der Waals surface area contributed by atoms with Gasteiger partial charge in [-0.2, -0.15) is 0 Å². The molecule has 0 saturated carbocycles. The zero-order chi connectivity index (χ0) is 14.9.